The molecule has 0 unspecified atom stereocenters. The van der Waals surface area contributed by atoms with Gasteiger partial charge in [0.25, 0.3) is 5.69 Å². The van der Waals surface area contributed by atoms with Crippen LogP contribution in [0, 0.1) is 10.1 Å². The Bertz CT molecular complexity index is 589. The molecule has 6 heteroatoms. The Morgan fingerprint density at radius 1 is 1.50 bits per heavy atom. The van der Waals surface area contributed by atoms with E-state index in [0.29, 0.717) is 10.5 Å². The molecule has 1 aliphatic carbocycles. The molecule has 5 nitrogen and oxygen atoms in total. The fraction of sp³-hybridized carbons (Fsp3) is 0.300. The van der Waals surface area contributed by atoms with Gasteiger partial charge in [0.15, 0.2) is 0 Å². The molecule has 0 aliphatic heterocycles. The standard InChI is InChI=1S/C10H8BrN3O2/c11-8-4-9-6(3-10(8)14(15)16)5-12-13(9)7-1-2-7/h3-5,7H,1-2H2. The second-order valence-corrected chi connectivity index (χ2v) is 4.79. The quantitative estimate of drug-likeness (QED) is 0.628. The lowest BCUT2D eigenvalue weighted by Crippen LogP contribution is -1.95. The minimum Gasteiger partial charge on any atom is -0.262 e. The molecule has 2 aromatic rings. The van der Waals surface area contributed by atoms with E-state index >= 15 is 0 Å². The SMILES string of the molecule is O=[N+]([O-])c1cc2cnn(C3CC3)c2cc1Br. The molecule has 1 saturated carbocycles. The van der Waals surface area contributed by atoms with Gasteiger partial charge < -0.3 is 0 Å². The predicted molar refractivity (Wildman–Crippen MR) is 62.4 cm³/mol. The normalized spacial score (nSPS) is 15.6. The van der Waals surface area contributed by atoms with Crippen LogP contribution in [0.3, 0.4) is 0 Å². The average molecular weight is 282 g/mol. The van der Waals surface area contributed by atoms with Crippen LogP contribution in [0.25, 0.3) is 10.9 Å². The van der Waals surface area contributed by atoms with Crippen molar-refractivity contribution >= 4 is 32.5 Å². The first kappa shape index (κ1) is 9.77. The van der Waals surface area contributed by atoms with Gasteiger partial charge in [-0.2, -0.15) is 5.10 Å². The smallest absolute Gasteiger partial charge is 0.262 e. The summed E-state index contributed by atoms with van der Waals surface area (Å²) < 4.78 is 2.46. The highest BCUT2D eigenvalue weighted by Gasteiger charge is 2.26. The second kappa shape index (κ2) is 3.28. The van der Waals surface area contributed by atoms with Crippen LogP contribution in [0.2, 0.25) is 0 Å². The lowest BCUT2D eigenvalue weighted by molar-refractivity contribution is -0.385. The largest absolute Gasteiger partial charge is 0.284 e. The number of nitrogens with zero attached hydrogens (tertiary/aromatic N) is 3. The Labute approximate surface area is 99.3 Å². The van der Waals surface area contributed by atoms with E-state index in [-0.39, 0.29) is 5.69 Å². The summed E-state index contributed by atoms with van der Waals surface area (Å²) >= 11 is 3.22. The van der Waals surface area contributed by atoms with Crippen LogP contribution in [-0.4, -0.2) is 14.7 Å². The second-order valence-electron chi connectivity index (χ2n) is 3.94. The monoisotopic (exact) mass is 281 g/mol. The molecule has 1 heterocycles. The Kier molecular flexibility index (Phi) is 2.00. The van der Waals surface area contributed by atoms with E-state index in [0.717, 1.165) is 23.7 Å². The molecule has 0 bridgehead atoms. The maximum Gasteiger partial charge on any atom is 0.284 e. The lowest BCUT2D eigenvalue weighted by Gasteiger charge is -2.01. The summed E-state index contributed by atoms with van der Waals surface area (Å²) in [7, 11) is 0. The van der Waals surface area contributed by atoms with E-state index in [1.807, 2.05) is 4.68 Å². The van der Waals surface area contributed by atoms with Crippen LogP contribution < -0.4 is 0 Å². The molecule has 0 radical (unpaired) electrons. The molecule has 0 spiro atoms. The summed E-state index contributed by atoms with van der Waals surface area (Å²) in [5, 5.41) is 15.9. The Morgan fingerprint density at radius 2 is 2.25 bits per heavy atom. The molecule has 3 rings (SSSR count). The molecular formula is C10H8BrN3O2. The van der Waals surface area contributed by atoms with Crippen molar-refractivity contribution in [2.75, 3.05) is 0 Å². The van der Waals surface area contributed by atoms with E-state index in [2.05, 4.69) is 21.0 Å². The summed E-state index contributed by atoms with van der Waals surface area (Å²) in [5.41, 5.74) is 1.04. The van der Waals surface area contributed by atoms with E-state index in [9.17, 15) is 10.1 Å². The van der Waals surface area contributed by atoms with Crippen LogP contribution in [0.15, 0.2) is 22.8 Å². The van der Waals surface area contributed by atoms with Crippen molar-refractivity contribution in [2.45, 2.75) is 18.9 Å². The highest BCUT2D eigenvalue weighted by molar-refractivity contribution is 9.10. The number of nitro groups is 1. The average Bonchev–Trinajstić information content (AvgIpc) is 2.99. The van der Waals surface area contributed by atoms with Gasteiger partial charge in [0.2, 0.25) is 0 Å². The van der Waals surface area contributed by atoms with Gasteiger partial charge in [-0.15, -0.1) is 0 Å². The zero-order valence-corrected chi connectivity index (χ0v) is 9.85. The van der Waals surface area contributed by atoms with Gasteiger partial charge in [-0.3, -0.25) is 14.8 Å². The fourth-order valence-corrected chi connectivity index (χ4v) is 2.28. The lowest BCUT2D eigenvalue weighted by atomic mass is 10.2. The van der Waals surface area contributed by atoms with E-state index in [1.54, 1.807) is 18.3 Å². The fourth-order valence-electron chi connectivity index (χ4n) is 1.81. The zero-order valence-electron chi connectivity index (χ0n) is 8.26. The van der Waals surface area contributed by atoms with Gasteiger partial charge in [-0.1, -0.05) is 0 Å². The van der Waals surface area contributed by atoms with E-state index < -0.39 is 4.92 Å². The number of benzene rings is 1. The molecule has 1 fully saturated rings. The molecule has 1 aliphatic rings. The summed E-state index contributed by atoms with van der Waals surface area (Å²) in [6.07, 6.45) is 3.98. The maximum absolute atomic E-state index is 10.8. The topological polar surface area (TPSA) is 61.0 Å². The maximum atomic E-state index is 10.8. The van der Waals surface area contributed by atoms with Crippen molar-refractivity contribution < 1.29 is 4.92 Å². The molecule has 1 aromatic heterocycles. The zero-order chi connectivity index (χ0) is 11.3. The van der Waals surface area contributed by atoms with Crippen LogP contribution in [0.4, 0.5) is 5.69 Å². The number of aromatic nitrogens is 2. The molecule has 82 valence electrons. The number of fused-ring (bicyclic) bond motifs is 1. The van der Waals surface area contributed by atoms with Crippen LogP contribution in [0.1, 0.15) is 18.9 Å². The van der Waals surface area contributed by atoms with E-state index in [1.165, 1.54) is 0 Å². The van der Waals surface area contributed by atoms with Crippen LogP contribution in [0.5, 0.6) is 0 Å². The first-order chi connectivity index (χ1) is 7.66. The van der Waals surface area contributed by atoms with Crippen molar-refractivity contribution in [1.29, 1.82) is 0 Å². The molecule has 0 amide bonds. The van der Waals surface area contributed by atoms with Gasteiger partial charge in [-0.05, 0) is 34.8 Å². The number of hydrogen-bond acceptors (Lipinski definition) is 3. The summed E-state index contributed by atoms with van der Waals surface area (Å²) in [4.78, 5) is 10.4. The Morgan fingerprint density at radius 3 is 2.88 bits per heavy atom. The summed E-state index contributed by atoms with van der Waals surface area (Å²) in [6.45, 7) is 0. The highest BCUT2D eigenvalue weighted by atomic mass is 79.9. The first-order valence-corrected chi connectivity index (χ1v) is 5.77. The van der Waals surface area contributed by atoms with Crippen molar-refractivity contribution in [2.24, 2.45) is 0 Å². The van der Waals surface area contributed by atoms with Gasteiger partial charge in [0, 0.05) is 11.5 Å². The molecule has 0 saturated heterocycles. The molecule has 1 aromatic carbocycles. The van der Waals surface area contributed by atoms with Crippen LogP contribution >= 0.6 is 15.9 Å². The number of rotatable bonds is 2. The highest BCUT2D eigenvalue weighted by Crippen LogP contribution is 2.38. The first-order valence-electron chi connectivity index (χ1n) is 4.98. The van der Waals surface area contributed by atoms with E-state index in [4.69, 9.17) is 0 Å². The van der Waals surface area contributed by atoms with Gasteiger partial charge >= 0.3 is 0 Å². The van der Waals surface area contributed by atoms with Crippen molar-refractivity contribution in [1.82, 2.24) is 9.78 Å². The third-order valence-corrected chi connectivity index (χ3v) is 3.39. The Hall–Kier alpha value is -1.43. The molecule has 16 heavy (non-hydrogen) atoms. The third-order valence-electron chi connectivity index (χ3n) is 2.75. The minimum absolute atomic E-state index is 0.0860. The summed E-state index contributed by atoms with van der Waals surface area (Å²) in [5.74, 6) is 0. The molecule has 0 N–H and O–H groups in total. The van der Waals surface area contributed by atoms with Crippen molar-refractivity contribution in [3.8, 4) is 0 Å². The van der Waals surface area contributed by atoms with Crippen LogP contribution in [-0.2, 0) is 0 Å². The van der Waals surface area contributed by atoms with Crippen molar-refractivity contribution in [3.05, 3.63) is 32.9 Å². The molecule has 0 atom stereocenters. The van der Waals surface area contributed by atoms with Gasteiger partial charge in [0.1, 0.15) is 0 Å². The number of hydrogen-bond donors (Lipinski definition) is 0. The third kappa shape index (κ3) is 1.41. The van der Waals surface area contributed by atoms with Crippen molar-refractivity contribution in [3.63, 3.8) is 0 Å². The minimum atomic E-state index is -0.391. The number of nitro benzene ring substituents is 1. The Balaban J connectivity index is 2.23. The number of halogens is 1. The van der Waals surface area contributed by atoms with Gasteiger partial charge in [0.05, 0.1) is 27.2 Å². The molecular weight excluding hydrogens is 274 g/mol. The summed E-state index contributed by atoms with van der Waals surface area (Å²) in [6, 6.07) is 3.82. The predicted octanol–water partition coefficient (Wildman–Crippen LogP) is 3.04. The van der Waals surface area contributed by atoms with Gasteiger partial charge in [-0.25, -0.2) is 0 Å².